The Morgan fingerprint density at radius 3 is 2.66 bits per heavy atom. The summed E-state index contributed by atoms with van der Waals surface area (Å²) in [6, 6.07) is 6.12. The molecule has 1 N–H and O–H groups in total. The normalized spacial score (nSPS) is 29.8. The van der Waals surface area contributed by atoms with E-state index in [9.17, 15) is 9.59 Å². The fourth-order valence-electron chi connectivity index (χ4n) is 5.64. The van der Waals surface area contributed by atoms with Gasteiger partial charge in [0.1, 0.15) is 12.3 Å². The minimum Gasteiger partial charge on any atom is -0.497 e. The number of nitrogens with zero attached hydrogens (tertiary/aromatic N) is 2. The van der Waals surface area contributed by atoms with Gasteiger partial charge in [-0.05, 0) is 68.7 Å². The molecule has 1 unspecified atom stereocenters. The monoisotopic (exact) mass is 395 g/mol. The Bertz CT molecular complexity index is 989. The van der Waals surface area contributed by atoms with E-state index in [0.29, 0.717) is 12.5 Å². The lowest BCUT2D eigenvalue weighted by Gasteiger charge is -2.52. The van der Waals surface area contributed by atoms with Gasteiger partial charge >= 0.3 is 0 Å². The molecule has 1 aromatic carbocycles. The maximum atomic E-state index is 13.9. The summed E-state index contributed by atoms with van der Waals surface area (Å²) in [5, 5.41) is 1.09. The lowest BCUT2D eigenvalue weighted by molar-refractivity contribution is -0.169. The molecule has 0 radical (unpaired) electrons. The number of amides is 2. The van der Waals surface area contributed by atoms with Crippen molar-refractivity contribution in [3.8, 4) is 5.75 Å². The minimum absolute atomic E-state index is 0.0626. The van der Waals surface area contributed by atoms with Crippen molar-refractivity contribution in [3.05, 3.63) is 29.5 Å². The van der Waals surface area contributed by atoms with Gasteiger partial charge in [0.2, 0.25) is 5.91 Å². The molecule has 2 aliphatic heterocycles. The van der Waals surface area contributed by atoms with Crippen LogP contribution < -0.4 is 4.74 Å². The quantitative estimate of drug-likeness (QED) is 0.849. The molecule has 5 rings (SSSR count). The molecule has 2 fully saturated rings. The zero-order valence-electron chi connectivity index (χ0n) is 17.5. The van der Waals surface area contributed by atoms with E-state index in [1.165, 1.54) is 0 Å². The number of hydrogen-bond donors (Lipinski definition) is 1. The van der Waals surface area contributed by atoms with Crippen molar-refractivity contribution in [1.82, 2.24) is 14.8 Å². The van der Waals surface area contributed by atoms with Crippen LogP contribution >= 0.6 is 0 Å². The lowest BCUT2D eigenvalue weighted by atomic mass is 9.80. The van der Waals surface area contributed by atoms with Crippen LogP contribution in [0.25, 0.3) is 10.9 Å². The van der Waals surface area contributed by atoms with Crippen LogP contribution in [0.15, 0.2) is 18.2 Å². The van der Waals surface area contributed by atoms with Crippen LogP contribution in [0.3, 0.4) is 0 Å². The Hall–Kier alpha value is -2.50. The van der Waals surface area contributed by atoms with Crippen LogP contribution in [0, 0.1) is 5.92 Å². The van der Waals surface area contributed by atoms with Crippen molar-refractivity contribution >= 4 is 22.7 Å². The van der Waals surface area contributed by atoms with Gasteiger partial charge in [-0.25, -0.2) is 0 Å². The molecule has 6 nitrogen and oxygen atoms in total. The highest BCUT2D eigenvalue weighted by atomic mass is 16.5. The number of carbonyl (C=O) groups excluding carboxylic acids is 2. The molecule has 1 atom stereocenters. The van der Waals surface area contributed by atoms with Gasteiger partial charge in [0.15, 0.2) is 5.54 Å². The summed E-state index contributed by atoms with van der Waals surface area (Å²) in [7, 11) is 1.66. The molecule has 29 heavy (non-hydrogen) atoms. The highest BCUT2D eigenvalue weighted by molar-refractivity contribution is 6.01. The second-order valence-corrected chi connectivity index (χ2v) is 9.10. The number of rotatable bonds is 2. The Kier molecular flexibility index (Phi) is 4.16. The summed E-state index contributed by atoms with van der Waals surface area (Å²) in [6.45, 7) is 4.99. The lowest BCUT2D eigenvalue weighted by Crippen LogP contribution is -2.68. The van der Waals surface area contributed by atoms with Crippen molar-refractivity contribution in [2.24, 2.45) is 5.92 Å². The fraction of sp³-hybridized carbons (Fsp3) is 0.565. The number of aromatic nitrogens is 1. The third-order valence-electron chi connectivity index (χ3n) is 7.44. The van der Waals surface area contributed by atoms with Crippen LogP contribution in [-0.4, -0.2) is 52.8 Å². The maximum absolute atomic E-state index is 13.9. The number of hydrogen-bond acceptors (Lipinski definition) is 3. The van der Waals surface area contributed by atoms with E-state index in [2.05, 4.69) is 11.9 Å². The molecule has 1 saturated heterocycles. The summed E-state index contributed by atoms with van der Waals surface area (Å²) in [4.78, 5) is 34.1. The van der Waals surface area contributed by atoms with Gasteiger partial charge in [-0.2, -0.15) is 0 Å². The Balaban J connectivity index is 1.59. The predicted molar refractivity (Wildman–Crippen MR) is 111 cm³/mol. The zero-order valence-corrected chi connectivity index (χ0v) is 17.5. The van der Waals surface area contributed by atoms with Gasteiger partial charge in [-0.15, -0.1) is 0 Å². The topological polar surface area (TPSA) is 65.6 Å². The molecule has 1 aliphatic carbocycles. The van der Waals surface area contributed by atoms with Crippen LogP contribution in [0.5, 0.6) is 5.75 Å². The molecule has 1 saturated carbocycles. The van der Waals surface area contributed by atoms with E-state index >= 15 is 0 Å². The number of nitrogens with one attached hydrogen (secondary N) is 1. The van der Waals surface area contributed by atoms with Gasteiger partial charge < -0.3 is 19.5 Å². The van der Waals surface area contributed by atoms with E-state index in [1.807, 2.05) is 30.0 Å². The summed E-state index contributed by atoms with van der Waals surface area (Å²) >= 11 is 0. The van der Waals surface area contributed by atoms with E-state index in [-0.39, 0.29) is 24.4 Å². The smallest absolute Gasteiger partial charge is 0.255 e. The standard InChI is InChI=1S/C23H29N3O3/c1-14-4-6-15(7-5-14)25-13-20(27)26-11-10-17-18-12-16(29-3)8-9-19(18)24-21(17)23(26,2)22(25)28/h8-9,12,14-15,24H,4-7,10-11,13H2,1-3H3. The van der Waals surface area contributed by atoms with Crippen molar-refractivity contribution in [2.75, 3.05) is 20.2 Å². The van der Waals surface area contributed by atoms with E-state index in [0.717, 1.165) is 60.0 Å². The summed E-state index contributed by atoms with van der Waals surface area (Å²) in [5.74, 6) is 1.64. The average Bonchev–Trinajstić information content (AvgIpc) is 3.10. The molecule has 2 aromatic rings. The first-order chi connectivity index (χ1) is 13.9. The summed E-state index contributed by atoms with van der Waals surface area (Å²) < 4.78 is 5.40. The predicted octanol–water partition coefficient (Wildman–Crippen LogP) is 3.20. The van der Waals surface area contributed by atoms with Gasteiger partial charge in [-0.1, -0.05) is 6.92 Å². The number of piperazine rings is 1. The largest absolute Gasteiger partial charge is 0.497 e. The number of aromatic amines is 1. The first kappa shape index (κ1) is 18.5. The van der Waals surface area contributed by atoms with Crippen molar-refractivity contribution in [1.29, 1.82) is 0 Å². The van der Waals surface area contributed by atoms with Crippen LogP contribution in [0.2, 0.25) is 0 Å². The van der Waals surface area contributed by atoms with Gasteiger partial charge in [0, 0.05) is 23.5 Å². The molecule has 3 aliphatic rings. The number of methoxy groups -OCH3 is 1. The van der Waals surface area contributed by atoms with Crippen LogP contribution in [0.1, 0.15) is 50.8 Å². The molecule has 0 bridgehead atoms. The van der Waals surface area contributed by atoms with Crippen LogP contribution in [-0.2, 0) is 21.5 Å². The molecule has 3 heterocycles. The Morgan fingerprint density at radius 1 is 1.17 bits per heavy atom. The second kappa shape index (κ2) is 6.51. The first-order valence-corrected chi connectivity index (χ1v) is 10.7. The third kappa shape index (κ3) is 2.61. The molecule has 2 amide bonds. The number of benzene rings is 1. The number of carbonyl (C=O) groups is 2. The third-order valence-corrected chi connectivity index (χ3v) is 7.44. The molecule has 0 spiro atoms. The van der Waals surface area contributed by atoms with Gasteiger partial charge in [-0.3, -0.25) is 9.59 Å². The van der Waals surface area contributed by atoms with Gasteiger partial charge in [0.25, 0.3) is 5.91 Å². The number of fused-ring (bicyclic) bond motifs is 5. The maximum Gasteiger partial charge on any atom is 0.255 e. The average molecular weight is 396 g/mol. The first-order valence-electron chi connectivity index (χ1n) is 10.7. The fourth-order valence-corrected chi connectivity index (χ4v) is 5.64. The highest BCUT2D eigenvalue weighted by Crippen LogP contribution is 2.43. The molecular weight excluding hydrogens is 366 g/mol. The van der Waals surface area contributed by atoms with Crippen molar-refractivity contribution < 1.29 is 14.3 Å². The molecule has 1 aromatic heterocycles. The van der Waals surface area contributed by atoms with E-state index in [1.54, 1.807) is 12.0 Å². The molecule has 154 valence electrons. The van der Waals surface area contributed by atoms with E-state index in [4.69, 9.17) is 4.74 Å². The Labute approximate surface area is 171 Å². The molecule has 6 heteroatoms. The summed E-state index contributed by atoms with van der Waals surface area (Å²) in [5.41, 5.74) is 2.04. The van der Waals surface area contributed by atoms with Crippen molar-refractivity contribution in [2.45, 2.75) is 57.5 Å². The second-order valence-electron chi connectivity index (χ2n) is 9.10. The van der Waals surface area contributed by atoms with Crippen LogP contribution in [0.4, 0.5) is 0 Å². The minimum atomic E-state index is -0.960. The SMILES string of the molecule is COc1ccc2[nH]c3c(c2c1)CCN1C(=O)CN(C2CCC(C)CC2)C(=O)C31C. The van der Waals surface area contributed by atoms with Gasteiger partial charge in [0.05, 0.1) is 12.8 Å². The Morgan fingerprint density at radius 2 is 1.93 bits per heavy atom. The summed E-state index contributed by atoms with van der Waals surface area (Å²) in [6.07, 6.45) is 4.99. The van der Waals surface area contributed by atoms with E-state index < -0.39 is 5.54 Å². The van der Waals surface area contributed by atoms with Crippen molar-refractivity contribution in [3.63, 3.8) is 0 Å². The molecular formula is C23H29N3O3. The number of H-pyrrole nitrogens is 1. The highest BCUT2D eigenvalue weighted by Gasteiger charge is 2.55. The zero-order chi connectivity index (χ0) is 20.3. The number of ether oxygens (including phenoxy) is 1.